The van der Waals surface area contributed by atoms with Gasteiger partial charge in [0.15, 0.2) is 0 Å². The van der Waals surface area contributed by atoms with Gasteiger partial charge in [0, 0.05) is 12.1 Å². The molecule has 1 saturated carbocycles. The van der Waals surface area contributed by atoms with Crippen molar-refractivity contribution >= 4 is 11.7 Å². The quantitative estimate of drug-likeness (QED) is 0.859. The molecule has 0 radical (unpaired) electrons. The highest BCUT2D eigenvalue weighted by Crippen LogP contribution is 2.28. The molecule has 0 saturated heterocycles. The minimum atomic E-state index is 0.101. The molecule has 0 spiro atoms. The molecule has 2 rings (SSSR count). The van der Waals surface area contributed by atoms with Crippen LogP contribution >= 0.6 is 0 Å². The van der Waals surface area contributed by atoms with Crippen molar-refractivity contribution in [2.24, 2.45) is 17.6 Å². The minimum Gasteiger partial charge on any atom is -0.330 e. The topological polar surface area (TPSA) is 68.0 Å². The highest BCUT2D eigenvalue weighted by Gasteiger charge is 2.25. The van der Waals surface area contributed by atoms with Crippen molar-refractivity contribution in [2.75, 3.05) is 11.9 Å². The van der Waals surface area contributed by atoms with Gasteiger partial charge in [-0.05, 0) is 62.8 Å². The van der Waals surface area contributed by atoms with E-state index < -0.39 is 0 Å². The molecule has 1 amide bonds. The number of nitrogens with one attached hydrogen (secondary N) is 1. The summed E-state index contributed by atoms with van der Waals surface area (Å²) in [5.41, 5.74) is 6.76. The smallest absolute Gasteiger partial charge is 0.228 e. The van der Waals surface area contributed by atoms with Crippen LogP contribution < -0.4 is 11.1 Å². The van der Waals surface area contributed by atoms with E-state index in [2.05, 4.69) is 10.3 Å². The van der Waals surface area contributed by atoms with Gasteiger partial charge in [0.05, 0.1) is 0 Å². The van der Waals surface area contributed by atoms with Crippen molar-refractivity contribution in [1.82, 2.24) is 4.98 Å². The van der Waals surface area contributed by atoms with Gasteiger partial charge in [-0.25, -0.2) is 4.98 Å². The highest BCUT2D eigenvalue weighted by atomic mass is 16.1. The molecule has 4 nitrogen and oxygen atoms in total. The Morgan fingerprint density at radius 2 is 2.17 bits per heavy atom. The summed E-state index contributed by atoms with van der Waals surface area (Å²) < 4.78 is 0. The maximum absolute atomic E-state index is 12.1. The molecule has 0 aliphatic heterocycles. The van der Waals surface area contributed by atoms with Crippen LogP contribution in [0.15, 0.2) is 18.3 Å². The molecular weight excluding hydrogens is 226 g/mol. The number of aryl methyl sites for hydroxylation is 1. The van der Waals surface area contributed by atoms with Crippen LogP contribution in [0.25, 0.3) is 0 Å². The average Bonchev–Trinajstić information content (AvgIpc) is 2.39. The number of carbonyl (C=O) groups is 1. The molecule has 1 aliphatic rings. The maximum atomic E-state index is 12.1. The summed E-state index contributed by atoms with van der Waals surface area (Å²) >= 11 is 0. The molecule has 18 heavy (non-hydrogen) atoms. The Morgan fingerprint density at radius 3 is 2.78 bits per heavy atom. The Balaban J connectivity index is 1.89. The van der Waals surface area contributed by atoms with E-state index in [1.165, 1.54) is 0 Å². The van der Waals surface area contributed by atoms with Crippen LogP contribution in [0.4, 0.5) is 5.82 Å². The molecular formula is C14H21N3O. The fourth-order valence-electron chi connectivity index (χ4n) is 2.49. The van der Waals surface area contributed by atoms with Gasteiger partial charge >= 0.3 is 0 Å². The van der Waals surface area contributed by atoms with Crippen molar-refractivity contribution in [2.45, 2.75) is 32.6 Å². The van der Waals surface area contributed by atoms with Crippen LogP contribution in [0.1, 0.15) is 31.2 Å². The number of amides is 1. The molecule has 0 aromatic carbocycles. The first-order valence-corrected chi connectivity index (χ1v) is 6.62. The van der Waals surface area contributed by atoms with Crippen molar-refractivity contribution in [3.05, 3.63) is 23.9 Å². The van der Waals surface area contributed by atoms with Crippen molar-refractivity contribution in [3.8, 4) is 0 Å². The lowest BCUT2D eigenvalue weighted by atomic mass is 9.81. The summed E-state index contributed by atoms with van der Waals surface area (Å²) in [6, 6.07) is 3.81. The van der Waals surface area contributed by atoms with Crippen LogP contribution in [-0.4, -0.2) is 17.4 Å². The number of nitrogens with two attached hydrogens (primary N) is 1. The predicted octanol–water partition coefficient (Wildman–Crippen LogP) is 2.09. The number of carbonyl (C=O) groups excluding carboxylic acids is 1. The molecule has 0 unspecified atom stereocenters. The van der Waals surface area contributed by atoms with Crippen molar-refractivity contribution in [1.29, 1.82) is 0 Å². The number of aromatic nitrogens is 1. The lowest BCUT2D eigenvalue weighted by Crippen LogP contribution is -2.29. The Kier molecular flexibility index (Phi) is 4.31. The van der Waals surface area contributed by atoms with Gasteiger partial charge in [-0.1, -0.05) is 0 Å². The van der Waals surface area contributed by atoms with E-state index in [0.29, 0.717) is 11.7 Å². The first-order chi connectivity index (χ1) is 8.69. The summed E-state index contributed by atoms with van der Waals surface area (Å²) in [4.78, 5) is 16.2. The van der Waals surface area contributed by atoms with Crippen molar-refractivity contribution in [3.63, 3.8) is 0 Å². The summed E-state index contributed by atoms with van der Waals surface area (Å²) in [7, 11) is 0. The number of hydrogen-bond donors (Lipinski definition) is 2. The summed E-state index contributed by atoms with van der Waals surface area (Å²) in [6.07, 6.45) is 5.74. The van der Waals surface area contributed by atoms with Crippen LogP contribution in [-0.2, 0) is 4.79 Å². The zero-order valence-corrected chi connectivity index (χ0v) is 10.9. The van der Waals surface area contributed by atoms with Gasteiger partial charge < -0.3 is 11.1 Å². The molecule has 0 bridgehead atoms. The Hall–Kier alpha value is -1.42. The molecule has 1 aromatic heterocycles. The van der Waals surface area contributed by atoms with Gasteiger partial charge in [-0.3, -0.25) is 4.79 Å². The summed E-state index contributed by atoms with van der Waals surface area (Å²) in [5, 5.41) is 2.90. The molecule has 0 atom stereocenters. The number of hydrogen-bond acceptors (Lipinski definition) is 3. The Morgan fingerprint density at radius 1 is 1.44 bits per heavy atom. The second-order valence-corrected chi connectivity index (χ2v) is 5.16. The third-order valence-corrected chi connectivity index (χ3v) is 3.72. The van der Waals surface area contributed by atoms with E-state index in [-0.39, 0.29) is 11.8 Å². The van der Waals surface area contributed by atoms with E-state index in [1.807, 2.05) is 19.1 Å². The number of pyridine rings is 1. The van der Waals surface area contributed by atoms with Crippen LogP contribution in [0, 0.1) is 18.8 Å². The summed E-state index contributed by atoms with van der Waals surface area (Å²) in [5.74, 6) is 1.48. The van der Waals surface area contributed by atoms with Gasteiger partial charge in [0.2, 0.25) is 5.91 Å². The van der Waals surface area contributed by atoms with E-state index >= 15 is 0 Å². The fraction of sp³-hybridized carbons (Fsp3) is 0.571. The van der Waals surface area contributed by atoms with E-state index in [0.717, 1.165) is 37.8 Å². The van der Waals surface area contributed by atoms with Gasteiger partial charge in [-0.2, -0.15) is 0 Å². The van der Waals surface area contributed by atoms with E-state index in [4.69, 9.17) is 5.73 Å². The van der Waals surface area contributed by atoms with E-state index in [1.54, 1.807) is 6.20 Å². The molecule has 3 N–H and O–H groups in total. The SMILES string of the molecule is Cc1ccnc(NC(=O)C2CCC(CN)CC2)c1. The number of anilines is 1. The zero-order chi connectivity index (χ0) is 13.0. The minimum absolute atomic E-state index is 0.101. The van der Waals surface area contributed by atoms with E-state index in [9.17, 15) is 4.79 Å². The first kappa shape index (κ1) is 13.0. The molecule has 1 aliphatic carbocycles. The average molecular weight is 247 g/mol. The van der Waals surface area contributed by atoms with Crippen LogP contribution in [0.2, 0.25) is 0 Å². The summed E-state index contributed by atoms with van der Waals surface area (Å²) in [6.45, 7) is 2.73. The molecule has 1 aromatic rings. The molecule has 4 heteroatoms. The Bertz CT molecular complexity index is 411. The largest absolute Gasteiger partial charge is 0.330 e. The number of nitrogens with zero attached hydrogens (tertiary/aromatic N) is 1. The van der Waals surface area contributed by atoms with Crippen molar-refractivity contribution < 1.29 is 4.79 Å². The van der Waals surface area contributed by atoms with Gasteiger partial charge in [0.1, 0.15) is 5.82 Å². The molecule has 1 heterocycles. The van der Waals surface area contributed by atoms with Crippen LogP contribution in [0.3, 0.4) is 0 Å². The third kappa shape index (κ3) is 3.29. The zero-order valence-electron chi connectivity index (χ0n) is 10.9. The molecule has 98 valence electrons. The molecule has 1 fully saturated rings. The lowest BCUT2D eigenvalue weighted by molar-refractivity contribution is -0.121. The van der Waals surface area contributed by atoms with Gasteiger partial charge in [-0.15, -0.1) is 0 Å². The Labute approximate surface area is 108 Å². The normalized spacial score (nSPS) is 23.7. The predicted molar refractivity (Wildman–Crippen MR) is 72.1 cm³/mol. The second-order valence-electron chi connectivity index (χ2n) is 5.16. The monoisotopic (exact) mass is 247 g/mol. The fourth-order valence-corrected chi connectivity index (χ4v) is 2.49. The second kappa shape index (κ2) is 5.96. The first-order valence-electron chi connectivity index (χ1n) is 6.62. The van der Waals surface area contributed by atoms with Gasteiger partial charge in [0.25, 0.3) is 0 Å². The lowest BCUT2D eigenvalue weighted by Gasteiger charge is -2.26. The highest BCUT2D eigenvalue weighted by molar-refractivity contribution is 5.91. The third-order valence-electron chi connectivity index (χ3n) is 3.72. The maximum Gasteiger partial charge on any atom is 0.228 e. The van der Waals surface area contributed by atoms with Crippen LogP contribution in [0.5, 0.6) is 0 Å². The number of rotatable bonds is 3. The standard InChI is InChI=1S/C14H21N3O/c1-10-6-7-16-13(8-10)17-14(18)12-4-2-11(9-15)3-5-12/h6-8,11-12H,2-5,9,15H2,1H3,(H,16,17,18).